The van der Waals surface area contributed by atoms with E-state index in [1.807, 2.05) is 0 Å². The van der Waals surface area contributed by atoms with E-state index in [1.165, 1.54) is 12.1 Å². The molecule has 0 atom stereocenters. The third kappa shape index (κ3) is 5.37. The average molecular weight is 286 g/mol. The molecule has 0 radical (unpaired) electrons. The van der Waals surface area contributed by atoms with E-state index in [0.717, 1.165) is 5.56 Å². The molecule has 7 heteroatoms. The summed E-state index contributed by atoms with van der Waals surface area (Å²) in [6.07, 6.45) is 0.993. The molecule has 6 nitrogen and oxygen atoms in total. The van der Waals surface area contributed by atoms with Crippen LogP contribution in [0, 0.1) is 0 Å². The molecule has 0 aliphatic rings. The standard InChI is InChI=1S/C12H18N2O4S/c13-8-1-9-14-19(17,18)11-5-2-10(3-6-11)4-7-12(15)16/h2-3,5-6,14H,1,4,7-9,13H2,(H,15,16). The Morgan fingerprint density at radius 1 is 1.26 bits per heavy atom. The summed E-state index contributed by atoms with van der Waals surface area (Å²) in [7, 11) is -3.50. The summed E-state index contributed by atoms with van der Waals surface area (Å²) in [5.74, 6) is -0.875. The number of aryl methyl sites for hydroxylation is 1. The number of carboxylic acid groups (broad SMARTS) is 1. The van der Waals surface area contributed by atoms with E-state index in [2.05, 4.69) is 4.72 Å². The van der Waals surface area contributed by atoms with E-state index in [0.29, 0.717) is 25.9 Å². The normalized spacial score (nSPS) is 11.4. The predicted molar refractivity (Wildman–Crippen MR) is 71.3 cm³/mol. The molecule has 0 unspecified atom stereocenters. The molecule has 0 fully saturated rings. The third-order valence-electron chi connectivity index (χ3n) is 2.53. The number of carboxylic acids is 1. The Morgan fingerprint density at radius 2 is 1.89 bits per heavy atom. The molecule has 0 saturated heterocycles. The SMILES string of the molecule is NCCCNS(=O)(=O)c1ccc(CCC(=O)O)cc1. The summed E-state index contributed by atoms with van der Waals surface area (Å²) in [6, 6.07) is 6.20. The van der Waals surface area contributed by atoms with Crippen molar-refractivity contribution < 1.29 is 18.3 Å². The van der Waals surface area contributed by atoms with Crippen LogP contribution in [0.4, 0.5) is 0 Å². The lowest BCUT2D eigenvalue weighted by Gasteiger charge is -2.07. The Hall–Kier alpha value is -1.44. The van der Waals surface area contributed by atoms with Crippen molar-refractivity contribution in [3.05, 3.63) is 29.8 Å². The van der Waals surface area contributed by atoms with Crippen molar-refractivity contribution in [2.75, 3.05) is 13.1 Å². The van der Waals surface area contributed by atoms with Crippen molar-refractivity contribution in [1.82, 2.24) is 4.72 Å². The Labute approximate surface area is 112 Å². The molecule has 106 valence electrons. The molecule has 0 aliphatic heterocycles. The molecular formula is C12H18N2O4S. The molecule has 0 spiro atoms. The highest BCUT2D eigenvalue weighted by atomic mass is 32.2. The van der Waals surface area contributed by atoms with E-state index in [-0.39, 0.29) is 11.3 Å². The summed E-state index contributed by atoms with van der Waals surface area (Å²) in [5.41, 5.74) is 6.09. The van der Waals surface area contributed by atoms with Crippen molar-refractivity contribution in [3.8, 4) is 0 Å². The number of hydrogen-bond donors (Lipinski definition) is 3. The third-order valence-corrected chi connectivity index (χ3v) is 4.01. The Morgan fingerprint density at radius 3 is 2.42 bits per heavy atom. The van der Waals surface area contributed by atoms with Gasteiger partial charge >= 0.3 is 5.97 Å². The average Bonchev–Trinajstić information content (AvgIpc) is 2.37. The molecule has 0 saturated carbocycles. The fraction of sp³-hybridized carbons (Fsp3) is 0.417. The summed E-state index contributed by atoms with van der Waals surface area (Å²) in [4.78, 5) is 10.6. The first-order valence-electron chi connectivity index (χ1n) is 5.96. The smallest absolute Gasteiger partial charge is 0.303 e. The van der Waals surface area contributed by atoms with Crippen molar-refractivity contribution in [2.45, 2.75) is 24.2 Å². The summed E-state index contributed by atoms with van der Waals surface area (Å²) in [6.45, 7) is 0.732. The minimum atomic E-state index is -3.50. The molecule has 4 N–H and O–H groups in total. The van der Waals surface area contributed by atoms with Crippen LogP contribution in [-0.4, -0.2) is 32.6 Å². The highest BCUT2D eigenvalue weighted by Crippen LogP contribution is 2.11. The number of nitrogens with two attached hydrogens (primary N) is 1. The van der Waals surface area contributed by atoms with Crippen LogP contribution in [-0.2, 0) is 21.2 Å². The summed E-state index contributed by atoms with van der Waals surface area (Å²) >= 11 is 0. The predicted octanol–water partition coefficient (Wildman–Crippen LogP) is 0.331. The van der Waals surface area contributed by atoms with Gasteiger partial charge in [0.05, 0.1) is 4.90 Å². The topological polar surface area (TPSA) is 109 Å². The van der Waals surface area contributed by atoms with Gasteiger partial charge in [0.15, 0.2) is 0 Å². The zero-order chi connectivity index (χ0) is 14.3. The van der Waals surface area contributed by atoms with Gasteiger partial charge in [-0.1, -0.05) is 12.1 Å². The minimum absolute atomic E-state index is 0.0286. The van der Waals surface area contributed by atoms with Crippen molar-refractivity contribution in [1.29, 1.82) is 0 Å². The maximum atomic E-state index is 11.8. The molecule has 0 aliphatic carbocycles. The second-order valence-corrected chi connectivity index (χ2v) is 5.84. The van der Waals surface area contributed by atoms with Crippen LogP contribution < -0.4 is 10.5 Å². The monoisotopic (exact) mass is 286 g/mol. The van der Waals surface area contributed by atoms with Crippen LogP contribution in [0.15, 0.2) is 29.2 Å². The molecular weight excluding hydrogens is 268 g/mol. The fourth-order valence-corrected chi connectivity index (χ4v) is 2.55. The van der Waals surface area contributed by atoms with Crippen LogP contribution in [0.5, 0.6) is 0 Å². The first-order valence-corrected chi connectivity index (χ1v) is 7.44. The quantitative estimate of drug-likeness (QED) is 0.597. The van der Waals surface area contributed by atoms with E-state index in [1.54, 1.807) is 12.1 Å². The molecule has 1 aromatic carbocycles. The lowest BCUT2D eigenvalue weighted by molar-refractivity contribution is -0.136. The molecule has 1 aromatic rings. The number of rotatable bonds is 8. The summed E-state index contributed by atoms with van der Waals surface area (Å²) < 4.78 is 26.1. The van der Waals surface area contributed by atoms with Gasteiger partial charge < -0.3 is 10.8 Å². The second kappa shape index (κ2) is 7.22. The maximum absolute atomic E-state index is 11.8. The van der Waals surface area contributed by atoms with Gasteiger partial charge in [-0.15, -0.1) is 0 Å². The lowest BCUT2D eigenvalue weighted by Crippen LogP contribution is -2.26. The zero-order valence-electron chi connectivity index (χ0n) is 10.5. The van der Waals surface area contributed by atoms with Gasteiger partial charge in [0.25, 0.3) is 0 Å². The van der Waals surface area contributed by atoms with Crippen LogP contribution in [0.1, 0.15) is 18.4 Å². The minimum Gasteiger partial charge on any atom is -0.481 e. The van der Waals surface area contributed by atoms with Gasteiger partial charge in [-0.3, -0.25) is 4.79 Å². The maximum Gasteiger partial charge on any atom is 0.303 e. The Kier molecular flexibility index (Phi) is 5.94. The molecule has 19 heavy (non-hydrogen) atoms. The lowest BCUT2D eigenvalue weighted by atomic mass is 10.1. The van der Waals surface area contributed by atoms with E-state index in [9.17, 15) is 13.2 Å². The number of carbonyl (C=O) groups is 1. The second-order valence-electron chi connectivity index (χ2n) is 4.08. The van der Waals surface area contributed by atoms with Crippen LogP contribution in [0.25, 0.3) is 0 Å². The van der Waals surface area contributed by atoms with Gasteiger partial charge in [0.1, 0.15) is 0 Å². The number of sulfonamides is 1. The molecule has 0 heterocycles. The largest absolute Gasteiger partial charge is 0.481 e. The Bertz CT molecular complexity index is 511. The van der Waals surface area contributed by atoms with Gasteiger partial charge in [-0.05, 0) is 37.1 Å². The molecule has 0 amide bonds. The van der Waals surface area contributed by atoms with E-state index < -0.39 is 16.0 Å². The molecule has 1 rings (SSSR count). The number of aliphatic carboxylic acids is 1. The van der Waals surface area contributed by atoms with Crippen LogP contribution in [0.3, 0.4) is 0 Å². The van der Waals surface area contributed by atoms with Crippen molar-refractivity contribution in [2.24, 2.45) is 5.73 Å². The number of hydrogen-bond acceptors (Lipinski definition) is 4. The van der Waals surface area contributed by atoms with Gasteiger partial charge in [0, 0.05) is 13.0 Å². The Balaban J connectivity index is 2.66. The van der Waals surface area contributed by atoms with Crippen LogP contribution >= 0.6 is 0 Å². The van der Waals surface area contributed by atoms with Gasteiger partial charge in [-0.2, -0.15) is 0 Å². The van der Waals surface area contributed by atoms with Gasteiger partial charge in [0.2, 0.25) is 10.0 Å². The van der Waals surface area contributed by atoms with Crippen LogP contribution in [0.2, 0.25) is 0 Å². The number of benzene rings is 1. The van der Waals surface area contributed by atoms with Crippen molar-refractivity contribution >= 4 is 16.0 Å². The molecule has 0 aromatic heterocycles. The first-order chi connectivity index (χ1) is 8.95. The van der Waals surface area contributed by atoms with E-state index in [4.69, 9.17) is 10.8 Å². The van der Waals surface area contributed by atoms with Gasteiger partial charge in [-0.25, -0.2) is 13.1 Å². The van der Waals surface area contributed by atoms with E-state index >= 15 is 0 Å². The highest BCUT2D eigenvalue weighted by Gasteiger charge is 2.12. The first kappa shape index (κ1) is 15.6. The number of nitrogens with one attached hydrogen (secondary N) is 1. The van der Waals surface area contributed by atoms with Crippen molar-refractivity contribution in [3.63, 3.8) is 0 Å². The highest BCUT2D eigenvalue weighted by molar-refractivity contribution is 7.89. The summed E-state index contributed by atoms with van der Waals surface area (Å²) in [5, 5.41) is 8.56. The molecule has 0 bridgehead atoms. The fourth-order valence-electron chi connectivity index (χ4n) is 1.48. The zero-order valence-corrected chi connectivity index (χ0v) is 11.3.